The van der Waals surface area contributed by atoms with Gasteiger partial charge in [-0.2, -0.15) is 0 Å². The molecule has 0 heterocycles. The molecule has 1 aliphatic rings. The number of likely N-dealkylation sites (N-methyl/N-ethyl adjacent to an activating group) is 2. The maximum atomic E-state index is 11.9. The van der Waals surface area contributed by atoms with Crippen LogP contribution in [0.4, 0.5) is 0 Å². The monoisotopic (exact) mass is 227 g/mol. The van der Waals surface area contributed by atoms with Crippen molar-refractivity contribution in [3.63, 3.8) is 0 Å². The molecular weight excluding hydrogens is 202 g/mol. The Morgan fingerprint density at radius 3 is 2.12 bits per heavy atom. The van der Waals surface area contributed by atoms with Gasteiger partial charge >= 0.3 is 0 Å². The minimum Gasteiger partial charge on any atom is -0.340 e. The molecule has 94 valence electrons. The summed E-state index contributed by atoms with van der Waals surface area (Å²) >= 11 is 0. The highest BCUT2D eigenvalue weighted by atomic mass is 16.2. The number of hydrogen-bond donors (Lipinski definition) is 1. The number of rotatable bonds is 3. The molecule has 16 heavy (non-hydrogen) atoms. The molecule has 0 aromatic carbocycles. The van der Waals surface area contributed by atoms with Gasteiger partial charge in [0, 0.05) is 19.1 Å². The molecule has 4 nitrogen and oxygen atoms in total. The van der Waals surface area contributed by atoms with Crippen LogP contribution in [-0.4, -0.2) is 55.0 Å². The van der Waals surface area contributed by atoms with E-state index in [0.29, 0.717) is 12.1 Å². The molecule has 2 N–H and O–H groups in total. The van der Waals surface area contributed by atoms with Crippen molar-refractivity contribution in [3.8, 4) is 0 Å². The molecule has 0 radical (unpaired) electrons. The Hall–Kier alpha value is -0.610. The van der Waals surface area contributed by atoms with Gasteiger partial charge in [-0.1, -0.05) is 12.8 Å². The minimum atomic E-state index is -0.394. The molecule has 1 rings (SSSR count). The van der Waals surface area contributed by atoms with Gasteiger partial charge in [0.15, 0.2) is 0 Å². The van der Waals surface area contributed by atoms with Crippen LogP contribution in [0.5, 0.6) is 0 Å². The summed E-state index contributed by atoms with van der Waals surface area (Å²) in [4.78, 5) is 16.0. The normalized spacial score (nSPS) is 27.9. The summed E-state index contributed by atoms with van der Waals surface area (Å²) in [5, 5.41) is 0. The predicted molar refractivity (Wildman–Crippen MR) is 66.2 cm³/mol. The van der Waals surface area contributed by atoms with Gasteiger partial charge in [0.25, 0.3) is 0 Å². The zero-order valence-corrected chi connectivity index (χ0v) is 10.9. The Labute approximate surface area is 98.8 Å². The van der Waals surface area contributed by atoms with Gasteiger partial charge in [-0.05, 0) is 33.9 Å². The van der Waals surface area contributed by atoms with Crippen LogP contribution in [0.15, 0.2) is 0 Å². The highest BCUT2D eigenvalue weighted by molar-refractivity contribution is 5.81. The number of nitrogens with two attached hydrogens (primary N) is 1. The number of carbonyl (C=O) groups is 1. The molecule has 0 unspecified atom stereocenters. The van der Waals surface area contributed by atoms with Crippen LogP contribution in [0, 0.1) is 0 Å². The highest BCUT2D eigenvalue weighted by Crippen LogP contribution is 2.25. The van der Waals surface area contributed by atoms with Crippen molar-refractivity contribution in [1.82, 2.24) is 9.80 Å². The fourth-order valence-electron chi connectivity index (χ4n) is 2.63. The van der Waals surface area contributed by atoms with Crippen LogP contribution < -0.4 is 5.73 Å². The van der Waals surface area contributed by atoms with E-state index in [-0.39, 0.29) is 5.91 Å². The first-order chi connectivity index (χ1) is 7.45. The van der Waals surface area contributed by atoms with E-state index >= 15 is 0 Å². The maximum Gasteiger partial charge on any atom is 0.239 e. The third-order valence-corrected chi connectivity index (χ3v) is 3.59. The van der Waals surface area contributed by atoms with Gasteiger partial charge in [0.05, 0.1) is 6.04 Å². The Morgan fingerprint density at radius 1 is 1.19 bits per heavy atom. The van der Waals surface area contributed by atoms with Crippen LogP contribution >= 0.6 is 0 Å². The Kier molecular flexibility index (Phi) is 4.74. The molecule has 1 aliphatic carbocycles. The summed E-state index contributed by atoms with van der Waals surface area (Å²) in [6, 6.07) is 0.401. The molecular formula is C12H25N3O. The molecule has 1 saturated carbocycles. The molecule has 0 aliphatic heterocycles. The molecule has 0 aromatic heterocycles. The summed E-state index contributed by atoms with van der Waals surface area (Å²) in [5.41, 5.74) is 5.66. The maximum absolute atomic E-state index is 11.9. The van der Waals surface area contributed by atoms with Gasteiger partial charge in [-0.15, -0.1) is 0 Å². The second kappa shape index (κ2) is 5.64. The average Bonchev–Trinajstić information content (AvgIpc) is 2.26. The van der Waals surface area contributed by atoms with Crippen LogP contribution in [0.2, 0.25) is 0 Å². The van der Waals surface area contributed by atoms with E-state index in [1.807, 2.05) is 11.9 Å². The predicted octanol–water partition coefficient (Wildman–Crippen LogP) is 0.665. The topological polar surface area (TPSA) is 49.6 Å². The van der Waals surface area contributed by atoms with Crippen molar-refractivity contribution in [2.24, 2.45) is 5.73 Å². The van der Waals surface area contributed by atoms with Crippen molar-refractivity contribution in [2.75, 3.05) is 21.1 Å². The number of nitrogens with zero attached hydrogens (tertiary/aromatic N) is 2. The van der Waals surface area contributed by atoms with E-state index in [0.717, 1.165) is 6.42 Å². The van der Waals surface area contributed by atoms with Crippen molar-refractivity contribution in [3.05, 3.63) is 0 Å². The Morgan fingerprint density at radius 2 is 1.69 bits per heavy atom. The minimum absolute atomic E-state index is 0.0544. The SMILES string of the molecule is C[C@H](N)C(=O)N(C)[C@H]1CCCC[C@H]1N(C)C. The standard InChI is InChI=1S/C12H25N3O/c1-9(13)12(16)15(4)11-8-6-5-7-10(11)14(2)3/h9-11H,5-8,13H2,1-4H3/t9-,10+,11-/m0/s1. The van der Waals surface area contributed by atoms with Crippen molar-refractivity contribution in [1.29, 1.82) is 0 Å². The van der Waals surface area contributed by atoms with Gasteiger partial charge < -0.3 is 15.5 Å². The molecule has 0 bridgehead atoms. The van der Waals surface area contributed by atoms with E-state index in [4.69, 9.17) is 5.73 Å². The Balaban J connectivity index is 2.71. The smallest absolute Gasteiger partial charge is 0.239 e. The number of amides is 1. The highest BCUT2D eigenvalue weighted by Gasteiger charge is 2.32. The van der Waals surface area contributed by atoms with Gasteiger partial charge in [0.1, 0.15) is 0 Å². The third kappa shape index (κ3) is 2.95. The second-order valence-corrected chi connectivity index (χ2v) is 5.12. The van der Waals surface area contributed by atoms with E-state index in [1.165, 1.54) is 19.3 Å². The molecule has 1 amide bonds. The summed E-state index contributed by atoms with van der Waals surface area (Å²) in [6.07, 6.45) is 4.75. The number of carbonyl (C=O) groups excluding carboxylic acids is 1. The third-order valence-electron chi connectivity index (χ3n) is 3.59. The summed E-state index contributed by atoms with van der Waals surface area (Å²) in [7, 11) is 6.07. The van der Waals surface area contributed by atoms with Gasteiger partial charge in [-0.3, -0.25) is 4.79 Å². The van der Waals surface area contributed by atoms with E-state index < -0.39 is 6.04 Å². The summed E-state index contributed by atoms with van der Waals surface area (Å²) < 4.78 is 0. The average molecular weight is 227 g/mol. The van der Waals surface area contributed by atoms with Crippen molar-refractivity contribution in [2.45, 2.75) is 50.7 Å². The fourth-order valence-corrected chi connectivity index (χ4v) is 2.63. The lowest BCUT2D eigenvalue weighted by Gasteiger charge is -2.41. The van der Waals surface area contributed by atoms with Gasteiger partial charge in [0.2, 0.25) is 5.91 Å². The van der Waals surface area contributed by atoms with Crippen LogP contribution in [0.25, 0.3) is 0 Å². The van der Waals surface area contributed by atoms with E-state index in [1.54, 1.807) is 6.92 Å². The first kappa shape index (κ1) is 13.5. The summed E-state index contributed by atoms with van der Waals surface area (Å²) in [6.45, 7) is 1.76. The first-order valence-corrected chi connectivity index (χ1v) is 6.13. The quantitative estimate of drug-likeness (QED) is 0.771. The first-order valence-electron chi connectivity index (χ1n) is 6.13. The largest absolute Gasteiger partial charge is 0.340 e. The Bertz CT molecular complexity index is 240. The number of hydrogen-bond acceptors (Lipinski definition) is 3. The molecule has 4 heteroatoms. The van der Waals surface area contributed by atoms with Crippen LogP contribution in [-0.2, 0) is 4.79 Å². The molecule has 0 saturated heterocycles. The molecule has 1 fully saturated rings. The van der Waals surface area contributed by atoms with Crippen LogP contribution in [0.1, 0.15) is 32.6 Å². The molecule has 3 atom stereocenters. The lowest BCUT2D eigenvalue weighted by Crippen LogP contribution is -2.54. The lowest BCUT2D eigenvalue weighted by molar-refractivity contribution is -0.134. The van der Waals surface area contributed by atoms with Crippen molar-refractivity contribution >= 4 is 5.91 Å². The summed E-state index contributed by atoms with van der Waals surface area (Å²) in [5.74, 6) is 0.0544. The van der Waals surface area contributed by atoms with E-state index in [9.17, 15) is 4.79 Å². The lowest BCUT2D eigenvalue weighted by atomic mass is 9.88. The van der Waals surface area contributed by atoms with E-state index in [2.05, 4.69) is 19.0 Å². The molecule has 0 spiro atoms. The second-order valence-electron chi connectivity index (χ2n) is 5.12. The van der Waals surface area contributed by atoms with Crippen molar-refractivity contribution < 1.29 is 4.79 Å². The fraction of sp³-hybridized carbons (Fsp3) is 0.917. The zero-order chi connectivity index (χ0) is 12.3. The van der Waals surface area contributed by atoms with Gasteiger partial charge in [-0.25, -0.2) is 0 Å². The molecule has 0 aromatic rings. The zero-order valence-electron chi connectivity index (χ0n) is 10.9. The van der Waals surface area contributed by atoms with Crippen LogP contribution in [0.3, 0.4) is 0 Å².